The first-order chi connectivity index (χ1) is 6.65. The average Bonchev–Trinajstić information content (AvgIpc) is 2.15. The Morgan fingerprint density at radius 1 is 1.43 bits per heavy atom. The van der Waals surface area contributed by atoms with E-state index in [1.165, 1.54) is 0 Å². The van der Waals surface area contributed by atoms with Crippen molar-refractivity contribution in [1.82, 2.24) is 0 Å². The molecule has 1 aromatic rings. The molecule has 76 valence electrons. The Morgan fingerprint density at radius 3 is 2.43 bits per heavy atom. The van der Waals surface area contributed by atoms with Gasteiger partial charge in [0.1, 0.15) is 0 Å². The maximum atomic E-state index is 9.56. The van der Waals surface area contributed by atoms with Gasteiger partial charge in [-0.25, -0.2) is 0 Å². The summed E-state index contributed by atoms with van der Waals surface area (Å²) in [6.07, 6.45) is 2.52. The van der Waals surface area contributed by atoms with E-state index in [9.17, 15) is 5.11 Å². The fourth-order valence-electron chi connectivity index (χ4n) is 1.39. The summed E-state index contributed by atoms with van der Waals surface area (Å²) in [6, 6.07) is 7.53. The highest BCUT2D eigenvalue weighted by molar-refractivity contribution is 6.30. The van der Waals surface area contributed by atoms with Gasteiger partial charge in [0.25, 0.3) is 0 Å². The predicted octanol–water partition coefficient (Wildman–Crippen LogP) is 3.51. The lowest BCUT2D eigenvalue weighted by Gasteiger charge is -2.10. The number of benzene rings is 1. The number of rotatable bonds is 3. The lowest BCUT2D eigenvalue weighted by atomic mass is 10.0. The maximum Gasteiger partial charge on any atom is 0.0764 e. The van der Waals surface area contributed by atoms with Crippen LogP contribution in [-0.4, -0.2) is 11.2 Å². The van der Waals surface area contributed by atoms with E-state index in [0.717, 1.165) is 22.6 Å². The van der Waals surface area contributed by atoms with Gasteiger partial charge in [-0.05, 0) is 36.6 Å². The van der Waals surface area contributed by atoms with Gasteiger partial charge in [0.2, 0.25) is 0 Å². The molecule has 0 radical (unpaired) electrons. The summed E-state index contributed by atoms with van der Waals surface area (Å²) in [4.78, 5) is 0. The van der Waals surface area contributed by atoms with Crippen LogP contribution < -0.4 is 0 Å². The molecule has 0 heterocycles. The zero-order chi connectivity index (χ0) is 10.6. The molecule has 1 atom stereocenters. The number of hydrogen-bond acceptors (Lipinski definition) is 1. The van der Waals surface area contributed by atoms with E-state index < -0.39 is 6.10 Å². The first-order valence-corrected chi connectivity index (χ1v) is 5.17. The Kier molecular flexibility index (Phi) is 4.18. The van der Waals surface area contributed by atoms with E-state index in [0.29, 0.717) is 0 Å². The maximum absolute atomic E-state index is 9.56. The molecule has 1 N–H and O–H groups in total. The fraction of sp³-hybridized carbons (Fsp3) is 0.333. The van der Waals surface area contributed by atoms with Crippen LogP contribution in [0.2, 0.25) is 5.02 Å². The lowest BCUT2D eigenvalue weighted by Crippen LogP contribution is -2.03. The van der Waals surface area contributed by atoms with Gasteiger partial charge in [-0.15, -0.1) is 0 Å². The van der Waals surface area contributed by atoms with Crippen molar-refractivity contribution in [3.8, 4) is 0 Å². The van der Waals surface area contributed by atoms with E-state index in [-0.39, 0.29) is 0 Å². The van der Waals surface area contributed by atoms with E-state index >= 15 is 0 Å². The van der Waals surface area contributed by atoms with Crippen molar-refractivity contribution in [1.29, 1.82) is 0 Å². The second kappa shape index (κ2) is 5.18. The molecule has 1 rings (SSSR count). The molecule has 0 spiro atoms. The van der Waals surface area contributed by atoms with Crippen molar-refractivity contribution in [2.75, 3.05) is 0 Å². The summed E-state index contributed by atoms with van der Waals surface area (Å²) >= 11 is 5.79. The minimum atomic E-state index is -0.434. The van der Waals surface area contributed by atoms with Gasteiger partial charge >= 0.3 is 0 Å². The van der Waals surface area contributed by atoms with Crippen molar-refractivity contribution in [3.05, 3.63) is 40.9 Å². The first kappa shape index (κ1) is 11.3. The van der Waals surface area contributed by atoms with Gasteiger partial charge < -0.3 is 5.11 Å². The van der Waals surface area contributed by atoms with Gasteiger partial charge in [-0.1, -0.05) is 36.7 Å². The number of halogens is 1. The molecule has 0 aliphatic carbocycles. The first-order valence-electron chi connectivity index (χ1n) is 4.79. The molecular weight excluding hydrogens is 196 g/mol. The van der Waals surface area contributed by atoms with Crippen molar-refractivity contribution in [2.24, 2.45) is 0 Å². The van der Waals surface area contributed by atoms with Gasteiger partial charge in [-0.2, -0.15) is 0 Å². The van der Waals surface area contributed by atoms with Crippen molar-refractivity contribution < 1.29 is 5.11 Å². The van der Waals surface area contributed by atoms with Crippen molar-refractivity contribution >= 4 is 17.2 Å². The monoisotopic (exact) mass is 210 g/mol. The lowest BCUT2D eigenvalue weighted by molar-refractivity contribution is 0.253. The summed E-state index contributed by atoms with van der Waals surface area (Å²) in [5.41, 5.74) is 2.00. The van der Waals surface area contributed by atoms with Gasteiger partial charge in [0, 0.05) is 5.02 Å². The van der Waals surface area contributed by atoms with Crippen LogP contribution in [0.1, 0.15) is 25.8 Å². The summed E-state index contributed by atoms with van der Waals surface area (Å²) in [6.45, 7) is 3.83. The molecule has 2 heteroatoms. The van der Waals surface area contributed by atoms with Crippen LogP contribution in [0.25, 0.3) is 5.57 Å². The molecule has 0 saturated carbocycles. The zero-order valence-corrected chi connectivity index (χ0v) is 9.25. The van der Waals surface area contributed by atoms with Crippen LogP contribution in [-0.2, 0) is 0 Å². The smallest absolute Gasteiger partial charge is 0.0764 e. The number of allylic oxidation sites excluding steroid dienone is 1. The average molecular weight is 211 g/mol. The highest BCUT2D eigenvalue weighted by atomic mass is 35.5. The van der Waals surface area contributed by atoms with Crippen molar-refractivity contribution in [2.45, 2.75) is 26.4 Å². The molecule has 0 aliphatic rings. The van der Waals surface area contributed by atoms with Gasteiger partial charge in [0.05, 0.1) is 6.10 Å². The van der Waals surface area contributed by atoms with E-state index in [4.69, 9.17) is 11.6 Å². The predicted molar refractivity (Wildman–Crippen MR) is 61.4 cm³/mol. The minimum Gasteiger partial charge on any atom is -0.389 e. The van der Waals surface area contributed by atoms with Crippen LogP contribution in [0.15, 0.2) is 30.3 Å². The second-order valence-electron chi connectivity index (χ2n) is 3.25. The minimum absolute atomic E-state index is 0.434. The standard InChI is InChI=1S/C12H15ClO/c1-3-4-12(9(2)14)10-5-7-11(13)8-6-10/h4-9,14H,3H2,1-2H3/b12-4+. The molecule has 1 aromatic carbocycles. The Morgan fingerprint density at radius 2 is 2.00 bits per heavy atom. The molecule has 0 fully saturated rings. The SMILES string of the molecule is CC/C=C(/c1ccc(Cl)cc1)C(C)O. The molecule has 0 aliphatic heterocycles. The van der Waals surface area contributed by atoms with E-state index in [2.05, 4.69) is 6.92 Å². The zero-order valence-electron chi connectivity index (χ0n) is 8.50. The van der Waals surface area contributed by atoms with Crippen LogP contribution in [0, 0.1) is 0 Å². The van der Waals surface area contributed by atoms with Crippen LogP contribution >= 0.6 is 11.6 Å². The molecule has 14 heavy (non-hydrogen) atoms. The quantitative estimate of drug-likeness (QED) is 0.810. The van der Waals surface area contributed by atoms with E-state index in [1.807, 2.05) is 30.3 Å². The highest BCUT2D eigenvalue weighted by Crippen LogP contribution is 2.21. The third-order valence-corrected chi connectivity index (χ3v) is 2.30. The molecule has 1 unspecified atom stereocenters. The molecule has 0 amide bonds. The Hall–Kier alpha value is -0.790. The number of aliphatic hydroxyl groups is 1. The largest absolute Gasteiger partial charge is 0.389 e. The molecule has 0 bridgehead atoms. The summed E-state index contributed by atoms with van der Waals surface area (Å²) in [5, 5.41) is 10.3. The van der Waals surface area contributed by atoms with E-state index in [1.54, 1.807) is 6.92 Å². The summed E-state index contributed by atoms with van der Waals surface area (Å²) < 4.78 is 0. The molecular formula is C12H15ClO. The molecule has 1 nitrogen and oxygen atoms in total. The molecule has 0 aromatic heterocycles. The number of hydrogen-bond donors (Lipinski definition) is 1. The summed E-state index contributed by atoms with van der Waals surface area (Å²) in [7, 11) is 0. The van der Waals surface area contributed by atoms with Crippen LogP contribution in [0.3, 0.4) is 0 Å². The third-order valence-electron chi connectivity index (χ3n) is 2.05. The Balaban J connectivity index is 3.00. The highest BCUT2D eigenvalue weighted by Gasteiger charge is 2.06. The van der Waals surface area contributed by atoms with Crippen molar-refractivity contribution in [3.63, 3.8) is 0 Å². The Labute approximate surface area is 90.0 Å². The van der Waals surface area contributed by atoms with Gasteiger partial charge in [-0.3, -0.25) is 0 Å². The van der Waals surface area contributed by atoms with Crippen LogP contribution in [0.5, 0.6) is 0 Å². The fourth-order valence-corrected chi connectivity index (χ4v) is 1.52. The third kappa shape index (κ3) is 2.86. The number of aliphatic hydroxyl groups excluding tert-OH is 1. The van der Waals surface area contributed by atoms with Crippen LogP contribution in [0.4, 0.5) is 0 Å². The normalized spacial score (nSPS) is 14.1. The van der Waals surface area contributed by atoms with Gasteiger partial charge in [0.15, 0.2) is 0 Å². The summed E-state index contributed by atoms with van der Waals surface area (Å²) in [5.74, 6) is 0. The topological polar surface area (TPSA) is 20.2 Å². The molecule has 0 saturated heterocycles. The Bertz CT molecular complexity index is 312. The second-order valence-corrected chi connectivity index (χ2v) is 3.69.